The van der Waals surface area contributed by atoms with Crippen molar-refractivity contribution < 1.29 is 38.2 Å². The number of hydrogen-bond donors (Lipinski definition) is 4. The van der Waals surface area contributed by atoms with Crippen molar-refractivity contribution in [3.63, 3.8) is 0 Å². The lowest BCUT2D eigenvalue weighted by Gasteiger charge is -2.23. The summed E-state index contributed by atoms with van der Waals surface area (Å²) in [5.74, 6) is 0.258. The highest BCUT2D eigenvalue weighted by molar-refractivity contribution is 7.47. The molecule has 0 bridgehead atoms. The maximum Gasteiger partial charge on any atom is 0.472 e. The molecule has 12 nitrogen and oxygen atoms in total. The molecule has 2 fully saturated rings. The lowest BCUT2D eigenvalue weighted by molar-refractivity contribution is -0.0799. The number of nitrogens with two attached hydrogens (primary N) is 1. The van der Waals surface area contributed by atoms with Crippen LogP contribution in [-0.2, 0) is 23.1 Å². The first-order valence-corrected chi connectivity index (χ1v) is 19.0. The lowest BCUT2D eigenvalue weighted by atomic mass is 10.0. The largest absolute Gasteiger partial charge is 0.472 e. The van der Waals surface area contributed by atoms with E-state index in [4.69, 9.17) is 24.3 Å². The number of phosphoric acid groups is 1. The molecule has 4 rings (SSSR count). The molecule has 2 unspecified atom stereocenters. The first-order valence-electron chi connectivity index (χ1n) is 17.6. The molecule has 0 aromatic carbocycles. The molecule has 2 aromatic rings. The molecule has 46 heavy (non-hydrogen) atoms. The number of anilines is 1. The molecule has 1 aliphatic heterocycles. The second-order valence-corrected chi connectivity index (χ2v) is 14.6. The number of ether oxygens (including phenoxy) is 2. The fourth-order valence-corrected chi connectivity index (χ4v) is 7.72. The van der Waals surface area contributed by atoms with Crippen molar-refractivity contribution in [1.29, 1.82) is 0 Å². The van der Waals surface area contributed by atoms with Crippen molar-refractivity contribution in [1.82, 2.24) is 14.6 Å². The van der Waals surface area contributed by atoms with Crippen LogP contribution in [0.4, 0.5) is 5.82 Å². The van der Waals surface area contributed by atoms with Crippen LogP contribution in [0.25, 0.3) is 5.52 Å². The van der Waals surface area contributed by atoms with E-state index >= 15 is 0 Å². The fourth-order valence-electron chi connectivity index (χ4n) is 6.68. The average Bonchev–Trinajstić information content (AvgIpc) is 3.30. The molecule has 262 valence electrons. The molecule has 0 amide bonds. The third kappa shape index (κ3) is 9.29. The molecule has 1 saturated heterocycles. The molecule has 3 heterocycles. The zero-order valence-electron chi connectivity index (χ0n) is 27.9. The van der Waals surface area contributed by atoms with E-state index in [0.29, 0.717) is 30.8 Å². The SMILES string of the molecule is CCCCCCCCCCCCCCCCCCOCCCOP(=O)(O)OC1[C@@]2(C)O[C@@H](c3ccc4c(N)ncnn34)[C@H](O)[C@@]12O. The van der Waals surface area contributed by atoms with E-state index in [2.05, 4.69) is 17.0 Å². The minimum absolute atomic E-state index is 0.0437. The number of nitrogen functional groups attached to an aromatic ring is 1. The van der Waals surface area contributed by atoms with Crippen LogP contribution < -0.4 is 5.73 Å². The highest BCUT2D eigenvalue weighted by Crippen LogP contribution is 2.68. The number of aliphatic hydroxyl groups excluding tert-OH is 1. The van der Waals surface area contributed by atoms with Crippen LogP contribution in [0.2, 0.25) is 0 Å². The third-order valence-corrected chi connectivity index (χ3v) is 10.6. The van der Waals surface area contributed by atoms with Crippen molar-refractivity contribution in [2.45, 2.75) is 153 Å². The van der Waals surface area contributed by atoms with Gasteiger partial charge in [0.05, 0.1) is 12.3 Å². The Morgan fingerprint density at radius 3 is 2.04 bits per heavy atom. The number of unbranched alkanes of at least 4 members (excludes halogenated alkanes) is 15. The van der Waals surface area contributed by atoms with Crippen LogP contribution in [0.3, 0.4) is 0 Å². The molecule has 1 aliphatic carbocycles. The molecule has 2 aliphatic rings. The number of phosphoric ester groups is 1. The van der Waals surface area contributed by atoms with Gasteiger partial charge in [0, 0.05) is 13.2 Å². The second kappa shape index (κ2) is 17.7. The highest BCUT2D eigenvalue weighted by atomic mass is 31.2. The van der Waals surface area contributed by atoms with Gasteiger partial charge in [-0.1, -0.05) is 103 Å². The quantitative estimate of drug-likeness (QED) is 0.0680. The van der Waals surface area contributed by atoms with Gasteiger partial charge >= 0.3 is 7.82 Å². The minimum atomic E-state index is -4.52. The lowest BCUT2D eigenvalue weighted by Crippen LogP contribution is -2.35. The Morgan fingerprint density at radius 1 is 0.913 bits per heavy atom. The Labute approximate surface area is 274 Å². The Balaban J connectivity index is 0.989. The van der Waals surface area contributed by atoms with Crippen molar-refractivity contribution in [3.8, 4) is 0 Å². The zero-order valence-corrected chi connectivity index (χ0v) is 28.7. The smallest absolute Gasteiger partial charge is 0.387 e. The standard InChI is InChI=1S/C33H57N4O8P/c1-3-4-5-6-7-8-9-10-11-12-13-14-15-16-17-18-22-42-23-19-24-43-46(40,41)45-31-32(2)33(31,39)29(38)28(44-32)26-20-21-27-30(34)35-25-36-37(26)27/h20-21,25,28-29,31,38-39H,3-19,22-24H2,1-2H3,(H,40,41)(H2,34,35,36)/t28-,29-,31?,32+,33+/m0/s1. The van der Waals surface area contributed by atoms with Gasteiger partial charge in [-0.3, -0.25) is 9.05 Å². The van der Waals surface area contributed by atoms with Gasteiger partial charge in [-0.25, -0.2) is 14.1 Å². The molecular formula is C33H57N4O8P. The van der Waals surface area contributed by atoms with E-state index in [1.54, 1.807) is 12.1 Å². The first-order chi connectivity index (χ1) is 22.2. The Bertz CT molecular complexity index is 1250. The van der Waals surface area contributed by atoms with Gasteiger partial charge in [-0.15, -0.1) is 0 Å². The minimum Gasteiger partial charge on any atom is -0.387 e. The van der Waals surface area contributed by atoms with Gasteiger partial charge in [0.25, 0.3) is 0 Å². The Hall–Kier alpha value is -1.63. The number of hydrogen-bond acceptors (Lipinski definition) is 10. The van der Waals surface area contributed by atoms with Gasteiger partial charge in [0.2, 0.25) is 0 Å². The topological polar surface area (TPSA) is 171 Å². The Kier molecular flexibility index (Phi) is 14.3. The van der Waals surface area contributed by atoms with E-state index in [9.17, 15) is 19.7 Å². The maximum atomic E-state index is 12.6. The van der Waals surface area contributed by atoms with E-state index in [0.717, 1.165) is 12.8 Å². The zero-order chi connectivity index (χ0) is 33.0. The molecule has 5 N–H and O–H groups in total. The normalized spacial score (nSPS) is 26.8. The highest BCUT2D eigenvalue weighted by Gasteiger charge is 2.87. The van der Waals surface area contributed by atoms with Gasteiger partial charge < -0.3 is 30.3 Å². The van der Waals surface area contributed by atoms with Crippen molar-refractivity contribution >= 4 is 19.2 Å². The summed E-state index contributed by atoms with van der Waals surface area (Å²) >= 11 is 0. The van der Waals surface area contributed by atoms with Crippen LogP contribution in [0, 0.1) is 0 Å². The number of rotatable bonds is 25. The summed E-state index contributed by atoms with van der Waals surface area (Å²) in [6.45, 7) is 4.81. The summed E-state index contributed by atoms with van der Waals surface area (Å²) in [4.78, 5) is 14.2. The summed E-state index contributed by atoms with van der Waals surface area (Å²) in [6.07, 6.45) is 19.2. The van der Waals surface area contributed by atoms with Gasteiger partial charge in [0.15, 0.2) is 11.4 Å². The molecule has 1 saturated carbocycles. The molecule has 0 spiro atoms. The summed E-state index contributed by atoms with van der Waals surface area (Å²) in [5.41, 5.74) is 3.55. The molecular weight excluding hydrogens is 611 g/mol. The van der Waals surface area contributed by atoms with Gasteiger partial charge in [-0.05, 0) is 31.9 Å². The monoisotopic (exact) mass is 668 g/mol. The molecule has 2 aromatic heterocycles. The summed E-state index contributed by atoms with van der Waals surface area (Å²) in [5, 5.41) is 26.3. The average molecular weight is 669 g/mol. The molecule has 0 radical (unpaired) electrons. The van der Waals surface area contributed by atoms with Crippen LogP contribution in [0.15, 0.2) is 18.5 Å². The van der Waals surface area contributed by atoms with Crippen LogP contribution in [0.1, 0.15) is 135 Å². The predicted molar refractivity (Wildman–Crippen MR) is 176 cm³/mol. The molecule has 13 heteroatoms. The predicted octanol–water partition coefficient (Wildman–Crippen LogP) is 6.42. The molecule has 6 atom stereocenters. The number of nitrogens with zero attached hydrogens (tertiary/aromatic N) is 3. The van der Waals surface area contributed by atoms with Crippen molar-refractivity contribution in [2.75, 3.05) is 25.6 Å². The van der Waals surface area contributed by atoms with Crippen molar-refractivity contribution in [2.24, 2.45) is 0 Å². The van der Waals surface area contributed by atoms with Gasteiger partial charge in [0.1, 0.15) is 35.8 Å². The number of fused-ring (bicyclic) bond motifs is 2. The van der Waals surface area contributed by atoms with E-state index in [1.165, 1.54) is 108 Å². The van der Waals surface area contributed by atoms with E-state index in [-0.39, 0.29) is 12.4 Å². The maximum absolute atomic E-state index is 12.6. The second-order valence-electron chi connectivity index (χ2n) is 13.2. The van der Waals surface area contributed by atoms with Crippen LogP contribution >= 0.6 is 7.82 Å². The van der Waals surface area contributed by atoms with Gasteiger partial charge in [-0.2, -0.15) is 5.10 Å². The fraction of sp³-hybridized carbons (Fsp3) is 0.818. The van der Waals surface area contributed by atoms with Crippen LogP contribution in [0.5, 0.6) is 0 Å². The van der Waals surface area contributed by atoms with Crippen LogP contribution in [-0.4, -0.2) is 72.9 Å². The Morgan fingerprint density at radius 2 is 1.48 bits per heavy atom. The number of aliphatic hydroxyl groups is 2. The number of aromatic nitrogens is 3. The summed E-state index contributed by atoms with van der Waals surface area (Å²) < 4.78 is 36.1. The van der Waals surface area contributed by atoms with Crippen molar-refractivity contribution in [3.05, 3.63) is 24.2 Å². The van der Waals surface area contributed by atoms with E-state index in [1.807, 2.05) is 0 Å². The summed E-state index contributed by atoms with van der Waals surface area (Å²) in [7, 11) is -4.52. The van der Waals surface area contributed by atoms with E-state index < -0.39 is 37.3 Å². The third-order valence-electron chi connectivity index (χ3n) is 9.59. The first kappa shape index (κ1) is 37.2. The summed E-state index contributed by atoms with van der Waals surface area (Å²) in [6, 6.07) is 3.36.